The standard InChI is InChI=1S/C45H63O4.C15H24.Y/c1-30(2)40(47)43(8,9)28-39(35-22-24-37(25-23-35)42(5,6)7)44(10,11)31(3)26-38(34-19-15-14-16-20-34)36-21-17-18-33(27-36)29-49-45(12,13)41(48)32(4)46;1-14(2,3)15(4,5)12-11-13-9-7-6-8-10-13;/h14-25,27,30,32,38-39,46H,26,28-29H2,1-13H3;6-10H,11-12H2,1-5H3;/q-1;;. The summed E-state index contributed by atoms with van der Waals surface area (Å²) < 4.78 is 6.06. The normalized spacial score (nSPS) is 14.2. The number of carbonyl (C=O) groups is 2. The fraction of sp³-hybridized carbons (Fsp3) is 0.550. The SMILES string of the molecule is CC(C)(C)C(C)(C)CCc1ccccc1.C[C-](CC(c1ccccc1)c1cccc(COC(C)(C)C(=O)C(C)O)c1)C(C)(C)C(CC(C)(C)C(=O)C(C)C)c1ccc(C(C)(C)C)cc1.[Y]. The molecule has 0 spiro atoms. The Morgan fingerprint density at radius 3 is 1.63 bits per heavy atom. The smallest absolute Gasteiger partial charge is 0.192 e. The second kappa shape index (κ2) is 24.0. The van der Waals surface area contributed by atoms with Crippen LogP contribution in [0.3, 0.4) is 0 Å². The van der Waals surface area contributed by atoms with Crippen LogP contribution >= 0.6 is 0 Å². The summed E-state index contributed by atoms with van der Waals surface area (Å²) in [6, 6.07) is 39.0. The van der Waals surface area contributed by atoms with E-state index in [0.717, 1.165) is 18.4 Å². The first-order valence-corrected chi connectivity index (χ1v) is 23.9. The summed E-state index contributed by atoms with van der Waals surface area (Å²) in [7, 11) is 0. The number of ether oxygens (including phenoxy) is 1. The van der Waals surface area contributed by atoms with Gasteiger partial charge in [0.25, 0.3) is 0 Å². The molecule has 4 aromatic rings. The predicted octanol–water partition coefficient (Wildman–Crippen LogP) is 15.5. The van der Waals surface area contributed by atoms with Gasteiger partial charge >= 0.3 is 0 Å². The van der Waals surface area contributed by atoms with Crippen LogP contribution in [0.2, 0.25) is 0 Å². The Labute approximate surface area is 422 Å². The third kappa shape index (κ3) is 16.8. The molecule has 0 aliphatic rings. The number of aliphatic hydroxyl groups is 1. The molecule has 0 heterocycles. The average molecular weight is 961 g/mol. The molecule has 4 aromatic carbocycles. The molecule has 5 heteroatoms. The van der Waals surface area contributed by atoms with E-state index in [2.05, 4.69) is 193 Å². The Balaban J connectivity index is 0.000000767. The van der Waals surface area contributed by atoms with Crippen LogP contribution in [0.4, 0.5) is 0 Å². The second-order valence-electron chi connectivity index (χ2n) is 23.4. The van der Waals surface area contributed by atoms with E-state index in [0.29, 0.717) is 16.6 Å². The molecule has 0 bridgehead atoms. The van der Waals surface area contributed by atoms with Crippen molar-refractivity contribution in [2.45, 2.75) is 186 Å². The monoisotopic (exact) mass is 961 g/mol. The molecule has 65 heavy (non-hydrogen) atoms. The van der Waals surface area contributed by atoms with Crippen LogP contribution in [0.1, 0.15) is 189 Å². The maximum atomic E-state index is 13.5. The van der Waals surface area contributed by atoms with Gasteiger partial charge in [-0.3, -0.25) is 9.59 Å². The largest absolute Gasteiger partial charge is 0.385 e. The molecule has 0 saturated heterocycles. The maximum absolute atomic E-state index is 13.5. The van der Waals surface area contributed by atoms with Crippen LogP contribution in [-0.4, -0.2) is 28.4 Å². The maximum Gasteiger partial charge on any atom is 0.192 e. The Hall–Kier alpha value is -2.76. The predicted molar refractivity (Wildman–Crippen MR) is 272 cm³/mol. The van der Waals surface area contributed by atoms with Gasteiger partial charge in [0.15, 0.2) is 5.78 Å². The number of hydrogen-bond acceptors (Lipinski definition) is 4. The molecule has 4 rings (SSSR count). The van der Waals surface area contributed by atoms with E-state index in [1.165, 1.54) is 53.5 Å². The van der Waals surface area contributed by atoms with Crippen molar-refractivity contribution in [2.24, 2.45) is 27.6 Å². The fourth-order valence-electron chi connectivity index (χ4n) is 8.59. The zero-order valence-electron chi connectivity index (χ0n) is 44.0. The van der Waals surface area contributed by atoms with E-state index in [4.69, 9.17) is 4.74 Å². The number of aryl methyl sites for hydroxylation is 1. The summed E-state index contributed by atoms with van der Waals surface area (Å²) in [5.41, 5.74) is 6.46. The zero-order chi connectivity index (χ0) is 48.5. The van der Waals surface area contributed by atoms with Crippen molar-refractivity contribution >= 4 is 11.6 Å². The summed E-state index contributed by atoms with van der Waals surface area (Å²) in [6.45, 7) is 38.9. The molecule has 0 aliphatic heterocycles. The van der Waals surface area contributed by atoms with Crippen LogP contribution in [-0.2, 0) is 65.5 Å². The third-order valence-electron chi connectivity index (χ3n) is 14.6. The summed E-state index contributed by atoms with van der Waals surface area (Å²) in [4.78, 5) is 26.1. The Bertz CT molecular complexity index is 2040. The molecule has 0 amide bonds. The molecule has 0 saturated carbocycles. The van der Waals surface area contributed by atoms with Gasteiger partial charge in [-0.25, -0.2) is 0 Å². The first kappa shape index (κ1) is 58.4. The average Bonchev–Trinajstić information content (AvgIpc) is 3.22. The van der Waals surface area contributed by atoms with Gasteiger partial charge in [0.05, 0.1) is 6.61 Å². The van der Waals surface area contributed by atoms with E-state index in [9.17, 15) is 14.7 Å². The van der Waals surface area contributed by atoms with Crippen molar-refractivity contribution in [3.63, 3.8) is 0 Å². The van der Waals surface area contributed by atoms with Gasteiger partial charge in [-0.2, -0.15) is 18.8 Å². The van der Waals surface area contributed by atoms with Crippen LogP contribution in [0.25, 0.3) is 0 Å². The first-order chi connectivity index (χ1) is 29.4. The van der Waals surface area contributed by atoms with Crippen LogP contribution in [0.5, 0.6) is 0 Å². The first-order valence-electron chi connectivity index (χ1n) is 23.9. The van der Waals surface area contributed by atoms with E-state index < -0.39 is 17.1 Å². The van der Waals surface area contributed by atoms with Gasteiger partial charge in [0.2, 0.25) is 0 Å². The van der Waals surface area contributed by atoms with Crippen LogP contribution < -0.4 is 0 Å². The van der Waals surface area contributed by atoms with Crippen LogP contribution in [0.15, 0.2) is 109 Å². The minimum Gasteiger partial charge on any atom is -0.385 e. The van der Waals surface area contributed by atoms with Crippen molar-refractivity contribution < 1.29 is 52.1 Å². The molecule has 0 aromatic heterocycles. The Kier molecular flexibility index (Phi) is 21.5. The summed E-state index contributed by atoms with van der Waals surface area (Å²) in [6.07, 6.45) is 2.95. The summed E-state index contributed by atoms with van der Waals surface area (Å²) >= 11 is 0. The number of rotatable bonds is 19. The Morgan fingerprint density at radius 1 is 0.631 bits per heavy atom. The van der Waals surface area contributed by atoms with Crippen molar-refractivity contribution in [1.82, 2.24) is 0 Å². The Morgan fingerprint density at radius 2 is 1.14 bits per heavy atom. The van der Waals surface area contributed by atoms with Gasteiger partial charge < -0.3 is 15.8 Å². The number of Topliss-reactive ketones (excluding diaryl/α,β-unsaturated/α-hetero) is 2. The van der Waals surface area contributed by atoms with E-state index >= 15 is 0 Å². The van der Waals surface area contributed by atoms with Gasteiger partial charge in [-0.05, 0) is 101 Å². The van der Waals surface area contributed by atoms with Gasteiger partial charge in [0, 0.05) is 44.0 Å². The van der Waals surface area contributed by atoms with E-state index in [1.54, 1.807) is 13.8 Å². The molecule has 3 unspecified atom stereocenters. The molecule has 1 radical (unpaired) electrons. The number of ketones is 2. The van der Waals surface area contributed by atoms with Crippen molar-refractivity contribution in [3.05, 3.63) is 148 Å². The molecule has 4 nitrogen and oxygen atoms in total. The number of aliphatic hydroxyl groups excluding tert-OH is 1. The minimum absolute atomic E-state index is 0. The quantitative estimate of drug-likeness (QED) is 0.0951. The summed E-state index contributed by atoms with van der Waals surface area (Å²) in [5.74, 6) is 1.55. The van der Waals surface area contributed by atoms with E-state index in [-0.39, 0.29) is 73.7 Å². The van der Waals surface area contributed by atoms with Gasteiger partial charge in [0.1, 0.15) is 17.5 Å². The summed E-state index contributed by atoms with van der Waals surface area (Å²) in [5, 5.41) is 9.87. The molecular formula is C60H87O4Y-. The number of carbonyl (C=O) groups excluding carboxylic acids is 2. The second-order valence-corrected chi connectivity index (χ2v) is 23.4. The molecular weight excluding hydrogens is 874 g/mol. The molecule has 0 aliphatic carbocycles. The molecule has 3 atom stereocenters. The van der Waals surface area contributed by atoms with Gasteiger partial charge in [-0.1, -0.05) is 206 Å². The topological polar surface area (TPSA) is 63.6 Å². The molecule has 355 valence electrons. The zero-order valence-corrected chi connectivity index (χ0v) is 46.8. The molecule has 1 N–H and O–H groups in total. The molecule has 0 fully saturated rings. The van der Waals surface area contributed by atoms with Crippen molar-refractivity contribution in [3.8, 4) is 0 Å². The fourth-order valence-corrected chi connectivity index (χ4v) is 8.59. The third-order valence-corrected chi connectivity index (χ3v) is 14.6. The minimum atomic E-state index is -1.10. The number of benzene rings is 4. The van der Waals surface area contributed by atoms with Crippen LogP contribution in [0, 0.1) is 33.5 Å². The van der Waals surface area contributed by atoms with E-state index in [1.807, 2.05) is 19.9 Å². The van der Waals surface area contributed by atoms with Gasteiger partial charge in [-0.15, -0.1) is 0 Å². The van der Waals surface area contributed by atoms with Crippen molar-refractivity contribution in [1.29, 1.82) is 0 Å². The number of hydrogen-bond donors (Lipinski definition) is 1. The van der Waals surface area contributed by atoms with Crippen molar-refractivity contribution in [2.75, 3.05) is 0 Å².